The topological polar surface area (TPSA) is 38.1 Å². The number of nitrogens with zero attached hydrogens (tertiary/aromatic N) is 1. The standard InChI is InChI=1S/C19H20N2O/c1-13-7-8-16(9-14(13)2)15(3)21-18-6-4-5-17(10-18)19-11-20-12-22-19/h4-12,15,21H,1-3H3. The fourth-order valence-electron chi connectivity index (χ4n) is 2.49. The number of aryl methyl sites for hydroxylation is 2. The summed E-state index contributed by atoms with van der Waals surface area (Å²) in [5, 5.41) is 3.55. The van der Waals surface area contributed by atoms with Crippen LogP contribution in [0.25, 0.3) is 11.3 Å². The molecule has 0 saturated carbocycles. The first-order valence-electron chi connectivity index (χ1n) is 7.46. The molecule has 1 unspecified atom stereocenters. The molecule has 1 aromatic heterocycles. The lowest BCUT2D eigenvalue weighted by molar-refractivity contribution is 0.572. The third-order valence-electron chi connectivity index (χ3n) is 3.99. The van der Waals surface area contributed by atoms with Gasteiger partial charge in [0, 0.05) is 17.3 Å². The number of hydrogen-bond acceptors (Lipinski definition) is 3. The van der Waals surface area contributed by atoms with Crippen LogP contribution in [0.5, 0.6) is 0 Å². The summed E-state index contributed by atoms with van der Waals surface area (Å²) in [7, 11) is 0. The highest BCUT2D eigenvalue weighted by Gasteiger charge is 2.08. The largest absolute Gasteiger partial charge is 0.444 e. The minimum atomic E-state index is 0.240. The maximum Gasteiger partial charge on any atom is 0.181 e. The fourth-order valence-corrected chi connectivity index (χ4v) is 2.49. The molecule has 0 fully saturated rings. The molecule has 0 aliphatic carbocycles. The number of oxazole rings is 1. The van der Waals surface area contributed by atoms with Gasteiger partial charge in [0.25, 0.3) is 0 Å². The van der Waals surface area contributed by atoms with E-state index < -0.39 is 0 Å². The Hall–Kier alpha value is -2.55. The zero-order chi connectivity index (χ0) is 15.5. The van der Waals surface area contributed by atoms with Gasteiger partial charge in [-0.2, -0.15) is 0 Å². The van der Waals surface area contributed by atoms with Crippen molar-refractivity contribution < 1.29 is 4.42 Å². The third kappa shape index (κ3) is 3.03. The highest BCUT2D eigenvalue weighted by molar-refractivity contribution is 5.63. The van der Waals surface area contributed by atoms with Crippen LogP contribution in [0.4, 0.5) is 5.69 Å². The van der Waals surface area contributed by atoms with Crippen LogP contribution in [-0.4, -0.2) is 4.98 Å². The van der Waals surface area contributed by atoms with Gasteiger partial charge in [-0.05, 0) is 49.6 Å². The van der Waals surface area contributed by atoms with Crippen LogP contribution in [0, 0.1) is 13.8 Å². The molecule has 3 rings (SSSR count). The van der Waals surface area contributed by atoms with Crippen LogP contribution >= 0.6 is 0 Å². The van der Waals surface area contributed by atoms with Crippen molar-refractivity contribution in [3.8, 4) is 11.3 Å². The summed E-state index contributed by atoms with van der Waals surface area (Å²) in [5.41, 5.74) is 6.02. The van der Waals surface area contributed by atoms with Gasteiger partial charge in [0.2, 0.25) is 0 Å². The molecule has 3 aromatic rings. The number of aromatic nitrogens is 1. The van der Waals surface area contributed by atoms with Crippen molar-refractivity contribution in [3.05, 3.63) is 71.7 Å². The molecule has 1 atom stereocenters. The van der Waals surface area contributed by atoms with Gasteiger partial charge in [0.05, 0.1) is 6.20 Å². The molecule has 0 aliphatic heterocycles. The number of anilines is 1. The lowest BCUT2D eigenvalue weighted by Crippen LogP contribution is -2.07. The van der Waals surface area contributed by atoms with E-state index in [0.717, 1.165) is 17.0 Å². The van der Waals surface area contributed by atoms with Crippen LogP contribution in [0.1, 0.15) is 29.7 Å². The molecule has 112 valence electrons. The lowest BCUT2D eigenvalue weighted by Gasteiger charge is -2.17. The van der Waals surface area contributed by atoms with Gasteiger partial charge in [-0.15, -0.1) is 0 Å². The monoisotopic (exact) mass is 292 g/mol. The van der Waals surface area contributed by atoms with Gasteiger partial charge < -0.3 is 9.73 Å². The van der Waals surface area contributed by atoms with Crippen molar-refractivity contribution in [2.24, 2.45) is 0 Å². The van der Waals surface area contributed by atoms with Gasteiger partial charge in [0.1, 0.15) is 0 Å². The summed E-state index contributed by atoms with van der Waals surface area (Å²) in [5.74, 6) is 0.780. The highest BCUT2D eigenvalue weighted by Crippen LogP contribution is 2.25. The average Bonchev–Trinajstić information content (AvgIpc) is 3.04. The fraction of sp³-hybridized carbons (Fsp3) is 0.211. The quantitative estimate of drug-likeness (QED) is 0.724. The van der Waals surface area contributed by atoms with E-state index in [0.29, 0.717) is 0 Å². The Kier molecular flexibility index (Phi) is 3.96. The maximum atomic E-state index is 5.35. The van der Waals surface area contributed by atoms with Gasteiger partial charge in [-0.25, -0.2) is 4.98 Å². The molecular weight excluding hydrogens is 272 g/mol. The maximum absolute atomic E-state index is 5.35. The first kappa shape index (κ1) is 14.4. The molecule has 22 heavy (non-hydrogen) atoms. The van der Waals surface area contributed by atoms with Crippen LogP contribution in [0.2, 0.25) is 0 Å². The average molecular weight is 292 g/mol. The van der Waals surface area contributed by atoms with Crippen molar-refractivity contribution in [3.63, 3.8) is 0 Å². The molecule has 1 N–H and O–H groups in total. The molecule has 0 radical (unpaired) electrons. The third-order valence-corrected chi connectivity index (χ3v) is 3.99. The Morgan fingerprint density at radius 1 is 1.05 bits per heavy atom. The van der Waals surface area contributed by atoms with Gasteiger partial charge >= 0.3 is 0 Å². The highest BCUT2D eigenvalue weighted by atomic mass is 16.3. The number of nitrogens with one attached hydrogen (secondary N) is 1. The molecule has 3 heteroatoms. The number of rotatable bonds is 4. The molecule has 3 nitrogen and oxygen atoms in total. The second kappa shape index (κ2) is 6.06. The zero-order valence-corrected chi connectivity index (χ0v) is 13.1. The summed E-state index contributed by atoms with van der Waals surface area (Å²) in [6.07, 6.45) is 3.18. The van der Waals surface area contributed by atoms with Crippen LogP contribution in [0.15, 0.2) is 59.5 Å². The van der Waals surface area contributed by atoms with Crippen molar-refractivity contribution in [2.45, 2.75) is 26.8 Å². The molecule has 0 spiro atoms. The number of benzene rings is 2. The van der Waals surface area contributed by atoms with Crippen LogP contribution in [0.3, 0.4) is 0 Å². The van der Waals surface area contributed by atoms with E-state index in [2.05, 4.69) is 61.4 Å². The molecule has 0 saturated heterocycles. The van der Waals surface area contributed by atoms with E-state index >= 15 is 0 Å². The minimum Gasteiger partial charge on any atom is -0.444 e. The van der Waals surface area contributed by atoms with Gasteiger partial charge in [-0.3, -0.25) is 0 Å². The zero-order valence-electron chi connectivity index (χ0n) is 13.1. The predicted octanol–water partition coefficient (Wildman–Crippen LogP) is 5.13. The summed E-state index contributed by atoms with van der Waals surface area (Å²) < 4.78 is 5.35. The Morgan fingerprint density at radius 2 is 1.91 bits per heavy atom. The first-order valence-corrected chi connectivity index (χ1v) is 7.46. The Bertz CT molecular complexity index is 763. The Morgan fingerprint density at radius 3 is 2.64 bits per heavy atom. The van der Waals surface area contributed by atoms with Crippen LogP contribution in [-0.2, 0) is 0 Å². The van der Waals surface area contributed by atoms with E-state index in [1.54, 1.807) is 6.20 Å². The van der Waals surface area contributed by atoms with E-state index in [-0.39, 0.29) is 6.04 Å². The molecule has 0 aliphatic rings. The summed E-state index contributed by atoms with van der Waals surface area (Å²) in [6, 6.07) is 15.0. The van der Waals surface area contributed by atoms with E-state index in [4.69, 9.17) is 4.42 Å². The van der Waals surface area contributed by atoms with Crippen molar-refractivity contribution in [1.29, 1.82) is 0 Å². The number of hydrogen-bond donors (Lipinski definition) is 1. The van der Waals surface area contributed by atoms with Crippen LogP contribution < -0.4 is 5.32 Å². The second-order valence-corrected chi connectivity index (χ2v) is 5.66. The molecule has 0 bridgehead atoms. The van der Waals surface area contributed by atoms with E-state index in [1.165, 1.54) is 23.1 Å². The summed E-state index contributed by atoms with van der Waals surface area (Å²) in [6.45, 7) is 6.46. The van der Waals surface area contributed by atoms with E-state index in [1.807, 2.05) is 12.1 Å². The van der Waals surface area contributed by atoms with Crippen molar-refractivity contribution in [1.82, 2.24) is 4.98 Å². The van der Waals surface area contributed by atoms with Gasteiger partial charge in [0.15, 0.2) is 12.2 Å². The normalized spacial score (nSPS) is 12.1. The molecular formula is C19H20N2O. The SMILES string of the molecule is Cc1ccc(C(C)Nc2cccc(-c3cnco3)c2)cc1C. The first-order chi connectivity index (χ1) is 10.6. The Balaban J connectivity index is 1.80. The van der Waals surface area contributed by atoms with Crippen molar-refractivity contribution in [2.75, 3.05) is 5.32 Å². The van der Waals surface area contributed by atoms with E-state index in [9.17, 15) is 0 Å². The lowest BCUT2D eigenvalue weighted by atomic mass is 10.0. The summed E-state index contributed by atoms with van der Waals surface area (Å²) in [4.78, 5) is 3.97. The molecule has 2 aromatic carbocycles. The molecule has 1 heterocycles. The summed E-state index contributed by atoms with van der Waals surface area (Å²) >= 11 is 0. The predicted molar refractivity (Wildman–Crippen MR) is 89.9 cm³/mol. The smallest absolute Gasteiger partial charge is 0.181 e. The van der Waals surface area contributed by atoms with Crippen molar-refractivity contribution >= 4 is 5.69 Å². The molecule has 0 amide bonds. The minimum absolute atomic E-state index is 0.240. The second-order valence-electron chi connectivity index (χ2n) is 5.66. The van der Waals surface area contributed by atoms with Gasteiger partial charge in [-0.1, -0.05) is 30.3 Å². The Labute approximate surface area is 131 Å².